The van der Waals surface area contributed by atoms with Gasteiger partial charge in [-0.25, -0.2) is 0 Å². The van der Waals surface area contributed by atoms with Crippen molar-refractivity contribution in [3.05, 3.63) is 246 Å². The molecule has 10 aromatic carbocycles. The zero-order chi connectivity index (χ0) is 40.0. The number of hydrogen-bond acceptors (Lipinski definition) is 0. The zero-order valence-electron chi connectivity index (χ0n) is 33.5. The van der Waals surface area contributed by atoms with E-state index in [0.717, 1.165) is 6.42 Å². The molecule has 1 heterocycles. The SMILES string of the molecule is c1ccc(-c2cc(-n3c4ccccc4c4ccc(-c5ccc6c(c5)C(c5ccc(-c7ccc8c(c7)Cc7ccccc7-8)cc5)c5ccccc5-6)cc43)c3ccccc3c2)cc1. The number of nitrogens with zero attached hydrogens (tertiary/aromatic N) is 1. The highest BCUT2D eigenvalue weighted by Crippen LogP contribution is 2.50. The van der Waals surface area contributed by atoms with E-state index in [2.05, 4.69) is 223 Å². The van der Waals surface area contributed by atoms with Crippen molar-refractivity contribution in [2.45, 2.75) is 12.3 Å². The third-order valence-electron chi connectivity index (χ3n) is 13.5. The van der Waals surface area contributed by atoms with Crippen LogP contribution in [0.15, 0.2) is 218 Å². The van der Waals surface area contributed by atoms with Crippen LogP contribution in [0.5, 0.6) is 0 Å². The topological polar surface area (TPSA) is 4.93 Å². The molecule has 2 aliphatic rings. The quantitative estimate of drug-likeness (QED) is 0.164. The summed E-state index contributed by atoms with van der Waals surface area (Å²) in [6.07, 6.45) is 1.00. The number of aromatic nitrogens is 1. The lowest BCUT2D eigenvalue weighted by Crippen LogP contribution is -1.99. The van der Waals surface area contributed by atoms with Gasteiger partial charge in [0, 0.05) is 22.1 Å². The summed E-state index contributed by atoms with van der Waals surface area (Å²) in [5.41, 5.74) is 23.3. The second kappa shape index (κ2) is 13.4. The standard InChI is InChI=1S/C60H39N/c1-2-12-38(13-3-1)46-33-45-15-5-7-17-50(45)58(37-46)61-57-21-11-10-19-53(57)54-31-28-43(36-59(54)61)42-27-30-52-51-18-8-9-20-55(51)60(56(52)35-42)40-24-22-39(23-25-40)41-26-29-49-47(32-41)34-44-14-4-6-16-48(44)49/h1-33,35-37,60H,34H2. The molecule has 1 heteroatoms. The van der Waals surface area contributed by atoms with Crippen molar-refractivity contribution in [2.24, 2.45) is 0 Å². The third kappa shape index (κ3) is 5.34. The van der Waals surface area contributed by atoms with E-state index in [-0.39, 0.29) is 5.92 Å². The molecule has 1 unspecified atom stereocenters. The zero-order valence-corrected chi connectivity index (χ0v) is 33.5. The maximum absolute atomic E-state index is 2.50. The molecule has 0 spiro atoms. The van der Waals surface area contributed by atoms with Gasteiger partial charge in [-0.3, -0.25) is 0 Å². The fourth-order valence-corrected chi connectivity index (χ4v) is 10.6. The van der Waals surface area contributed by atoms with Gasteiger partial charge in [-0.2, -0.15) is 0 Å². The van der Waals surface area contributed by atoms with Crippen LogP contribution in [0.2, 0.25) is 0 Å². The van der Waals surface area contributed by atoms with Gasteiger partial charge in [0.25, 0.3) is 0 Å². The minimum absolute atomic E-state index is 0.150. The molecular weight excluding hydrogens is 735 g/mol. The van der Waals surface area contributed by atoms with Crippen LogP contribution in [0.1, 0.15) is 33.7 Å². The monoisotopic (exact) mass is 773 g/mol. The first-order chi connectivity index (χ1) is 30.2. The van der Waals surface area contributed by atoms with Crippen molar-refractivity contribution in [3.8, 4) is 61.3 Å². The lowest BCUT2D eigenvalue weighted by atomic mass is 9.87. The highest BCUT2D eigenvalue weighted by Gasteiger charge is 2.30. The van der Waals surface area contributed by atoms with Crippen molar-refractivity contribution in [1.82, 2.24) is 4.57 Å². The van der Waals surface area contributed by atoms with Crippen LogP contribution < -0.4 is 0 Å². The third-order valence-corrected chi connectivity index (χ3v) is 13.5. The van der Waals surface area contributed by atoms with Gasteiger partial charge in [-0.05, 0) is 126 Å². The van der Waals surface area contributed by atoms with Crippen molar-refractivity contribution in [2.75, 3.05) is 0 Å². The van der Waals surface area contributed by atoms with Gasteiger partial charge in [0.15, 0.2) is 0 Å². The Kier molecular flexibility index (Phi) is 7.50. The lowest BCUT2D eigenvalue weighted by molar-refractivity contribution is 1.02. The molecule has 284 valence electrons. The summed E-state index contributed by atoms with van der Waals surface area (Å²) in [6.45, 7) is 0. The molecule has 0 aliphatic heterocycles. The van der Waals surface area contributed by atoms with Crippen LogP contribution in [-0.2, 0) is 6.42 Å². The minimum Gasteiger partial charge on any atom is -0.309 e. The summed E-state index contributed by atoms with van der Waals surface area (Å²) in [4.78, 5) is 0. The molecule has 0 saturated heterocycles. The van der Waals surface area contributed by atoms with Gasteiger partial charge in [0.1, 0.15) is 0 Å². The molecule has 0 saturated carbocycles. The van der Waals surface area contributed by atoms with Gasteiger partial charge < -0.3 is 4.57 Å². The predicted molar refractivity (Wildman–Crippen MR) is 256 cm³/mol. The Labute approximate surface area is 355 Å². The molecule has 0 N–H and O–H groups in total. The second-order valence-corrected chi connectivity index (χ2v) is 16.8. The summed E-state index contributed by atoms with van der Waals surface area (Å²) in [5.74, 6) is 0.150. The predicted octanol–water partition coefficient (Wildman–Crippen LogP) is 15.7. The van der Waals surface area contributed by atoms with Crippen LogP contribution in [0.25, 0.3) is 93.9 Å². The van der Waals surface area contributed by atoms with Gasteiger partial charge >= 0.3 is 0 Å². The summed E-state index contributed by atoms with van der Waals surface area (Å²) in [5, 5.41) is 4.99. The van der Waals surface area contributed by atoms with Crippen molar-refractivity contribution in [3.63, 3.8) is 0 Å². The average Bonchev–Trinajstić information content (AvgIpc) is 3.98. The summed E-state index contributed by atoms with van der Waals surface area (Å²) in [7, 11) is 0. The summed E-state index contributed by atoms with van der Waals surface area (Å²) >= 11 is 0. The first-order valence-electron chi connectivity index (χ1n) is 21.4. The van der Waals surface area contributed by atoms with Crippen molar-refractivity contribution in [1.29, 1.82) is 0 Å². The Morgan fingerprint density at radius 2 is 0.934 bits per heavy atom. The Morgan fingerprint density at radius 3 is 1.82 bits per heavy atom. The molecule has 11 aromatic rings. The minimum atomic E-state index is 0.150. The van der Waals surface area contributed by atoms with Gasteiger partial charge in [-0.1, -0.05) is 188 Å². The molecule has 0 radical (unpaired) electrons. The lowest BCUT2D eigenvalue weighted by Gasteiger charge is -2.17. The van der Waals surface area contributed by atoms with Gasteiger partial charge in [0.2, 0.25) is 0 Å². The molecule has 0 amide bonds. The number of fused-ring (bicyclic) bond motifs is 10. The molecule has 1 atom stereocenters. The number of benzene rings is 10. The Balaban J connectivity index is 0.926. The van der Waals surface area contributed by atoms with Crippen LogP contribution in [0.3, 0.4) is 0 Å². The van der Waals surface area contributed by atoms with Crippen molar-refractivity contribution >= 4 is 32.6 Å². The van der Waals surface area contributed by atoms with Gasteiger partial charge in [0.05, 0.1) is 16.7 Å². The molecular formula is C60H39N. The van der Waals surface area contributed by atoms with E-state index in [1.54, 1.807) is 0 Å². The van der Waals surface area contributed by atoms with Crippen LogP contribution in [0.4, 0.5) is 0 Å². The van der Waals surface area contributed by atoms with Crippen molar-refractivity contribution < 1.29 is 0 Å². The van der Waals surface area contributed by atoms with E-state index in [9.17, 15) is 0 Å². The molecule has 0 bridgehead atoms. The van der Waals surface area contributed by atoms with E-state index >= 15 is 0 Å². The normalized spacial score (nSPS) is 13.7. The number of para-hydroxylation sites is 1. The molecule has 1 nitrogen and oxygen atoms in total. The van der Waals surface area contributed by atoms with Crippen LogP contribution >= 0.6 is 0 Å². The number of rotatable bonds is 5. The molecule has 2 aliphatic carbocycles. The highest BCUT2D eigenvalue weighted by atomic mass is 15.0. The number of hydrogen-bond donors (Lipinski definition) is 0. The molecule has 61 heavy (non-hydrogen) atoms. The molecule has 0 fully saturated rings. The van der Waals surface area contributed by atoms with Crippen LogP contribution in [0, 0.1) is 0 Å². The van der Waals surface area contributed by atoms with E-state index < -0.39 is 0 Å². The Morgan fingerprint density at radius 1 is 0.328 bits per heavy atom. The maximum atomic E-state index is 2.50. The largest absolute Gasteiger partial charge is 0.309 e. The van der Waals surface area contributed by atoms with E-state index in [0.29, 0.717) is 0 Å². The summed E-state index contributed by atoms with van der Waals surface area (Å²) < 4.78 is 2.50. The molecule has 1 aromatic heterocycles. The smallest absolute Gasteiger partial charge is 0.0547 e. The van der Waals surface area contributed by atoms with E-state index in [1.165, 1.54) is 122 Å². The molecule has 13 rings (SSSR count). The second-order valence-electron chi connectivity index (χ2n) is 16.8. The summed E-state index contributed by atoms with van der Waals surface area (Å²) in [6, 6.07) is 81.5. The Hall–Kier alpha value is -7.74. The highest BCUT2D eigenvalue weighted by molar-refractivity contribution is 6.12. The fraction of sp³-hybridized carbons (Fsp3) is 0.0333. The van der Waals surface area contributed by atoms with Crippen LogP contribution in [-0.4, -0.2) is 4.57 Å². The Bertz CT molecular complexity index is 3550. The van der Waals surface area contributed by atoms with Gasteiger partial charge in [-0.15, -0.1) is 0 Å². The fourth-order valence-electron chi connectivity index (χ4n) is 10.6. The van der Waals surface area contributed by atoms with E-state index in [1.807, 2.05) is 0 Å². The maximum Gasteiger partial charge on any atom is 0.0547 e. The first-order valence-corrected chi connectivity index (χ1v) is 21.4. The average molecular weight is 774 g/mol. The first kappa shape index (κ1) is 34.2. The van der Waals surface area contributed by atoms with E-state index in [4.69, 9.17) is 0 Å².